The van der Waals surface area contributed by atoms with Gasteiger partial charge in [-0.05, 0) is 42.5 Å². The van der Waals surface area contributed by atoms with Gasteiger partial charge in [-0.3, -0.25) is 9.11 Å². The molecular formula is C28H28CuN5Na3O18S5-2. The van der Waals surface area contributed by atoms with Crippen molar-refractivity contribution in [2.24, 2.45) is 20.5 Å². The van der Waals surface area contributed by atoms with E-state index < -0.39 is 51.1 Å². The predicted molar refractivity (Wildman–Crippen MR) is 193 cm³/mol. The van der Waals surface area contributed by atoms with Gasteiger partial charge >= 0.3 is 99.3 Å². The van der Waals surface area contributed by atoms with Crippen molar-refractivity contribution in [3.05, 3.63) is 74.5 Å². The summed E-state index contributed by atoms with van der Waals surface area (Å²) in [5, 5.41) is 41.3. The Kier molecular flexibility index (Phi) is 31.3. The number of hydrogen-bond donors (Lipinski definition) is 5. The Balaban J connectivity index is -0.000000756. The molecule has 0 unspecified atom stereocenters. The molecule has 23 nitrogen and oxygen atoms in total. The van der Waals surface area contributed by atoms with Gasteiger partial charge in [0.05, 0.1) is 22.6 Å². The quantitative estimate of drug-likeness (QED) is 0.0325. The van der Waals surface area contributed by atoms with Crippen LogP contribution in [0, 0.1) is 19.9 Å². The van der Waals surface area contributed by atoms with E-state index in [0.29, 0.717) is 27.9 Å². The van der Waals surface area contributed by atoms with Crippen molar-refractivity contribution in [3.63, 3.8) is 0 Å². The van der Waals surface area contributed by atoms with Crippen LogP contribution in [0.2, 0.25) is 0 Å². The van der Waals surface area contributed by atoms with Gasteiger partial charge in [0.2, 0.25) is 20.8 Å². The maximum absolute atomic E-state index is 12.3. The Morgan fingerprint density at radius 3 is 1.60 bits per heavy atom. The molecule has 5 N–H and O–H groups in total. The zero-order valence-electron chi connectivity index (χ0n) is 31.7. The van der Waals surface area contributed by atoms with Crippen molar-refractivity contribution in [1.29, 1.82) is 0 Å². The summed E-state index contributed by atoms with van der Waals surface area (Å²) in [6, 6.07) is 15.3. The van der Waals surface area contributed by atoms with Gasteiger partial charge in [0.1, 0.15) is 22.9 Å². The summed E-state index contributed by atoms with van der Waals surface area (Å²) in [7, 11) is -17.1. The standard InChI is InChI=1S/C28H26N5O7S2.Cu.3Na.2H2O4S.O3S/c1-5-41(36,37)17-7-13-25(34)23(15-17)31-30-22-12-9-19-20(28(22)35)10-11-21(29-3)27(19)33-32-24-16-18(42(38,39)6-2)8-14-26(24)40-4;;;;;2*1-5(2,3)4;1-4(2)3/h7-11,13-16,29,34-35H,1-2,5-6H2,3-4H3;;;;;2*(H2,1,2,3,4);/q-3;;3*+1;;;/p-2. The number of nitrogens with one attached hydrogen (secondary N) is 1. The molecule has 0 atom stereocenters. The second-order valence-electron chi connectivity index (χ2n) is 9.74. The molecule has 319 valence electrons. The molecule has 0 aliphatic heterocycles. The fourth-order valence-electron chi connectivity index (χ4n) is 3.84. The number of sulfone groups is 2. The number of rotatable bonds is 10. The first kappa shape index (κ1) is 64.9. The summed E-state index contributed by atoms with van der Waals surface area (Å²) in [4.78, 5) is -0.0720. The molecule has 0 aliphatic carbocycles. The molecule has 60 heavy (non-hydrogen) atoms. The molecule has 32 heteroatoms. The summed E-state index contributed by atoms with van der Waals surface area (Å²) in [6.07, 6.45) is 0. The zero-order valence-corrected chi connectivity index (χ0v) is 42.7. The number of ether oxygens (including phenoxy) is 1. The summed E-state index contributed by atoms with van der Waals surface area (Å²) >= 11 is 0. The fourth-order valence-corrected chi connectivity index (χ4v) is 5.45. The van der Waals surface area contributed by atoms with E-state index in [1.165, 1.54) is 43.5 Å². The number of phenols is 2. The second kappa shape index (κ2) is 28.9. The van der Waals surface area contributed by atoms with Gasteiger partial charge in [0.15, 0.2) is 19.7 Å². The van der Waals surface area contributed by atoms with Crippen molar-refractivity contribution < 1.29 is 185 Å². The molecule has 0 aliphatic rings. The van der Waals surface area contributed by atoms with Gasteiger partial charge in [-0.1, -0.05) is 28.3 Å². The average molecular weight is 1020 g/mol. The van der Waals surface area contributed by atoms with Crippen LogP contribution in [0.1, 0.15) is 0 Å². The normalized spacial score (nSPS) is 11.0. The van der Waals surface area contributed by atoms with Crippen LogP contribution in [-0.2, 0) is 68.1 Å². The van der Waals surface area contributed by atoms with Crippen LogP contribution in [0.5, 0.6) is 17.2 Å². The Hall–Kier alpha value is -1.68. The zero-order chi connectivity index (χ0) is 43.2. The topological polar surface area (TPSA) is 386 Å². The van der Waals surface area contributed by atoms with Gasteiger partial charge in [-0.15, -0.1) is 22.9 Å². The van der Waals surface area contributed by atoms with Crippen LogP contribution >= 0.6 is 0 Å². The van der Waals surface area contributed by atoms with Crippen molar-refractivity contribution in [2.75, 3.05) is 31.0 Å². The molecule has 0 heterocycles. The second-order valence-corrected chi connectivity index (χ2v) is 16.1. The largest absolute Gasteiger partial charge is 1.00 e. The van der Waals surface area contributed by atoms with Gasteiger partial charge in [-0.25, -0.2) is 33.7 Å². The van der Waals surface area contributed by atoms with E-state index in [9.17, 15) is 27.0 Å². The van der Waals surface area contributed by atoms with Crippen molar-refractivity contribution >= 4 is 90.3 Å². The first-order chi connectivity index (χ1) is 25.7. The Morgan fingerprint density at radius 2 is 1.17 bits per heavy atom. The van der Waals surface area contributed by atoms with Crippen LogP contribution in [0.4, 0.5) is 28.4 Å². The van der Waals surface area contributed by atoms with E-state index in [4.69, 9.17) is 52.4 Å². The maximum Gasteiger partial charge on any atom is 1.00 e. The van der Waals surface area contributed by atoms with Crippen LogP contribution < -0.4 is 98.7 Å². The number of phenolic OH excluding ortho intramolecular Hbond substituents is 2. The van der Waals surface area contributed by atoms with Crippen LogP contribution in [0.25, 0.3) is 10.8 Å². The summed E-state index contributed by atoms with van der Waals surface area (Å²) in [6.45, 7) is 6.86. The first-order valence-electron chi connectivity index (χ1n) is 14.1. The van der Waals surface area contributed by atoms with Crippen LogP contribution in [0.15, 0.2) is 84.8 Å². The molecule has 4 aromatic rings. The monoisotopic (exact) mass is 1010 g/mol. The SMILES string of the molecule is O=S(=O)([O-])O.O=S(=O)([O-])O.O=S(=O)=O.[CH2-]CS(=O)(=O)c1ccc(O)c(N=Nc2[c-]cc3c(N=Nc4cc(S(=O)(=O)C[CH2-])ccc4OC)c(NC)ccc3c2O)c1.[Cu].[Na+].[Na+].[Na+]. The van der Waals surface area contributed by atoms with E-state index in [0.717, 1.165) is 6.07 Å². The third-order valence-electron chi connectivity index (χ3n) is 6.19. The van der Waals surface area contributed by atoms with E-state index >= 15 is 0 Å². The Morgan fingerprint density at radius 1 is 0.733 bits per heavy atom. The van der Waals surface area contributed by atoms with Gasteiger partial charge < -0.3 is 43.2 Å². The minimum atomic E-state index is -4.92. The van der Waals surface area contributed by atoms with Gasteiger partial charge in [0, 0.05) is 41.2 Å². The number of fused-ring (bicyclic) bond motifs is 1. The number of methoxy groups -OCH3 is 1. The van der Waals surface area contributed by atoms with Crippen molar-refractivity contribution in [2.45, 2.75) is 9.79 Å². The Labute approximate surface area is 423 Å². The number of anilines is 1. The van der Waals surface area contributed by atoms with E-state index in [1.54, 1.807) is 19.2 Å². The van der Waals surface area contributed by atoms with Gasteiger partial charge in [0.25, 0.3) is 0 Å². The third-order valence-corrected chi connectivity index (χ3v) is 9.21. The molecule has 0 amide bonds. The number of aromatic hydroxyl groups is 2. The molecule has 0 aromatic heterocycles. The average Bonchev–Trinajstić information content (AvgIpc) is 3.09. The number of hydrogen-bond acceptors (Lipinski definition) is 21. The predicted octanol–water partition coefficient (Wildman–Crippen LogP) is -5.84. The van der Waals surface area contributed by atoms with Crippen LogP contribution in [0.3, 0.4) is 0 Å². The molecular weight excluding hydrogens is 987 g/mol. The summed E-state index contributed by atoms with van der Waals surface area (Å²) < 4.78 is 145. The minimum Gasteiger partial charge on any atom is -0.726 e. The molecule has 0 spiro atoms. The molecule has 0 bridgehead atoms. The summed E-state index contributed by atoms with van der Waals surface area (Å²) in [5.41, 5.74) is 0.797. The third kappa shape index (κ3) is 23.1. The van der Waals surface area contributed by atoms with Crippen molar-refractivity contribution in [3.8, 4) is 17.2 Å². The molecule has 4 aromatic carbocycles. The van der Waals surface area contributed by atoms with Crippen LogP contribution in [-0.4, -0.2) is 100 Å². The van der Waals surface area contributed by atoms with Crippen molar-refractivity contribution in [1.82, 2.24) is 0 Å². The van der Waals surface area contributed by atoms with Gasteiger partial charge in [-0.2, -0.15) is 22.4 Å². The van der Waals surface area contributed by atoms with E-state index in [1.807, 2.05) is 0 Å². The molecule has 1 radical (unpaired) electrons. The number of nitrogens with zero attached hydrogens (tertiary/aromatic N) is 4. The first-order valence-corrected chi connectivity index (χ1v) is 21.1. The number of azo groups is 2. The maximum atomic E-state index is 12.3. The Bertz CT molecular complexity index is 2640. The molecule has 0 fully saturated rings. The number of benzene rings is 4. The smallest absolute Gasteiger partial charge is 0.726 e. The minimum absolute atomic E-state index is 0. The van der Waals surface area contributed by atoms with E-state index in [-0.39, 0.29) is 156 Å². The van der Waals surface area contributed by atoms with E-state index in [2.05, 4.69) is 45.7 Å². The molecule has 0 saturated heterocycles. The summed E-state index contributed by atoms with van der Waals surface area (Å²) in [5.74, 6) is -1.04. The molecule has 4 rings (SSSR count). The molecule has 0 saturated carbocycles. The fraction of sp³-hybridized carbons (Fsp3) is 0.143.